The molecule has 1 amide bonds. The van der Waals surface area contributed by atoms with E-state index in [-0.39, 0.29) is 18.6 Å². The topological polar surface area (TPSA) is 77.2 Å². The van der Waals surface area contributed by atoms with Gasteiger partial charge in [0.25, 0.3) is 5.91 Å². The fraction of sp³-hybridized carbons (Fsp3) is 0.385. The van der Waals surface area contributed by atoms with Crippen molar-refractivity contribution in [2.75, 3.05) is 20.2 Å². The Morgan fingerprint density at radius 3 is 3.11 bits per heavy atom. The second-order valence-corrected chi connectivity index (χ2v) is 3.66. The minimum Gasteiger partial charge on any atom is -0.380 e. The van der Waals surface area contributed by atoms with Gasteiger partial charge in [-0.1, -0.05) is 11.8 Å². The molecule has 96 valence electrons. The molecule has 0 saturated carbocycles. The standard InChI is InChI=1S/C13H17N3O2/c1-10(18-2)9-16-13(17)12-11(5-3-7-14)6-4-8-15-12/h4,6,8,10H,7,9,14H2,1-2H3,(H,16,17). The molecule has 0 radical (unpaired) electrons. The Labute approximate surface area is 107 Å². The highest BCUT2D eigenvalue weighted by atomic mass is 16.5. The van der Waals surface area contributed by atoms with Crippen LogP contribution in [0.4, 0.5) is 0 Å². The number of aromatic nitrogens is 1. The van der Waals surface area contributed by atoms with Crippen LogP contribution in [0.5, 0.6) is 0 Å². The van der Waals surface area contributed by atoms with Crippen LogP contribution in [-0.4, -0.2) is 37.2 Å². The number of nitrogens with zero attached hydrogens (tertiary/aromatic N) is 1. The Balaban J connectivity index is 2.79. The number of ether oxygens (including phenoxy) is 1. The van der Waals surface area contributed by atoms with Gasteiger partial charge in [0, 0.05) is 19.9 Å². The van der Waals surface area contributed by atoms with Crippen LogP contribution >= 0.6 is 0 Å². The van der Waals surface area contributed by atoms with Gasteiger partial charge in [0.15, 0.2) is 0 Å². The lowest BCUT2D eigenvalue weighted by Crippen LogP contribution is -2.32. The highest BCUT2D eigenvalue weighted by molar-refractivity contribution is 5.94. The highest BCUT2D eigenvalue weighted by Crippen LogP contribution is 2.03. The van der Waals surface area contributed by atoms with Crippen LogP contribution < -0.4 is 11.1 Å². The van der Waals surface area contributed by atoms with Crippen LogP contribution in [-0.2, 0) is 4.74 Å². The lowest BCUT2D eigenvalue weighted by Gasteiger charge is -2.10. The van der Waals surface area contributed by atoms with E-state index in [2.05, 4.69) is 22.1 Å². The number of methoxy groups -OCH3 is 1. The van der Waals surface area contributed by atoms with E-state index in [1.54, 1.807) is 25.4 Å². The molecule has 5 heteroatoms. The quantitative estimate of drug-likeness (QED) is 0.743. The predicted molar refractivity (Wildman–Crippen MR) is 69.0 cm³/mol. The average molecular weight is 247 g/mol. The maximum atomic E-state index is 11.9. The number of hydrogen-bond acceptors (Lipinski definition) is 4. The van der Waals surface area contributed by atoms with Gasteiger partial charge in [0.2, 0.25) is 0 Å². The summed E-state index contributed by atoms with van der Waals surface area (Å²) in [5.41, 5.74) is 6.19. The minimum absolute atomic E-state index is 0.0451. The number of carbonyl (C=O) groups excluding carboxylic acids is 1. The zero-order chi connectivity index (χ0) is 13.4. The van der Waals surface area contributed by atoms with Crippen molar-refractivity contribution in [1.82, 2.24) is 10.3 Å². The Hall–Kier alpha value is -1.90. The Morgan fingerprint density at radius 2 is 2.44 bits per heavy atom. The molecule has 5 nitrogen and oxygen atoms in total. The molecule has 3 N–H and O–H groups in total. The van der Waals surface area contributed by atoms with E-state index >= 15 is 0 Å². The lowest BCUT2D eigenvalue weighted by molar-refractivity contribution is 0.0866. The Kier molecular flexibility index (Phi) is 5.85. The first-order chi connectivity index (χ1) is 8.69. The molecule has 0 fully saturated rings. The summed E-state index contributed by atoms with van der Waals surface area (Å²) in [5, 5.41) is 2.74. The molecular weight excluding hydrogens is 230 g/mol. The molecule has 0 aliphatic rings. The van der Waals surface area contributed by atoms with Crippen LogP contribution in [0.3, 0.4) is 0 Å². The van der Waals surface area contributed by atoms with Crippen LogP contribution in [0.15, 0.2) is 18.3 Å². The molecular formula is C13H17N3O2. The van der Waals surface area contributed by atoms with Gasteiger partial charge in [-0.15, -0.1) is 0 Å². The summed E-state index contributed by atoms with van der Waals surface area (Å²) in [4.78, 5) is 16.0. The summed E-state index contributed by atoms with van der Waals surface area (Å²) in [6.45, 7) is 2.54. The van der Waals surface area contributed by atoms with Crippen LogP contribution in [0.2, 0.25) is 0 Å². The van der Waals surface area contributed by atoms with E-state index in [0.29, 0.717) is 17.8 Å². The van der Waals surface area contributed by atoms with Gasteiger partial charge in [0.1, 0.15) is 5.69 Å². The third-order valence-electron chi connectivity index (χ3n) is 2.30. The Bertz CT molecular complexity index is 463. The van der Waals surface area contributed by atoms with Gasteiger partial charge in [-0.25, -0.2) is 4.98 Å². The number of nitrogens with two attached hydrogens (primary N) is 1. The number of hydrogen-bond donors (Lipinski definition) is 2. The molecule has 0 saturated heterocycles. The molecule has 1 aromatic heterocycles. The fourth-order valence-electron chi connectivity index (χ4n) is 1.24. The first kappa shape index (κ1) is 14.2. The third kappa shape index (κ3) is 4.17. The van der Waals surface area contributed by atoms with Gasteiger partial charge in [-0.2, -0.15) is 0 Å². The molecule has 18 heavy (non-hydrogen) atoms. The summed E-state index contributed by atoms with van der Waals surface area (Å²) >= 11 is 0. The van der Waals surface area contributed by atoms with Crippen molar-refractivity contribution >= 4 is 5.91 Å². The smallest absolute Gasteiger partial charge is 0.271 e. The van der Waals surface area contributed by atoms with Gasteiger partial charge in [-0.3, -0.25) is 4.79 Å². The maximum Gasteiger partial charge on any atom is 0.271 e. The van der Waals surface area contributed by atoms with Crippen molar-refractivity contribution in [3.8, 4) is 11.8 Å². The Morgan fingerprint density at radius 1 is 1.67 bits per heavy atom. The van der Waals surface area contributed by atoms with Crippen LogP contribution in [0.25, 0.3) is 0 Å². The minimum atomic E-state index is -0.263. The second-order valence-electron chi connectivity index (χ2n) is 3.66. The van der Waals surface area contributed by atoms with Gasteiger partial charge in [0.05, 0.1) is 18.2 Å². The zero-order valence-electron chi connectivity index (χ0n) is 10.6. The number of rotatable bonds is 4. The molecule has 0 spiro atoms. The lowest BCUT2D eigenvalue weighted by atomic mass is 10.2. The van der Waals surface area contributed by atoms with Crippen molar-refractivity contribution in [1.29, 1.82) is 0 Å². The van der Waals surface area contributed by atoms with Crippen molar-refractivity contribution < 1.29 is 9.53 Å². The van der Waals surface area contributed by atoms with Crippen molar-refractivity contribution in [3.63, 3.8) is 0 Å². The van der Waals surface area contributed by atoms with E-state index in [4.69, 9.17) is 10.5 Å². The summed E-state index contributed by atoms with van der Waals surface area (Å²) < 4.78 is 5.05. The van der Waals surface area contributed by atoms with E-state index in [1.165, 1.54) is 0 Å². The van der Waals surface area contributed by atoms with Crippen LogP contribution in [0.1, 0.15) is 23.0 Å². The van der Waals surface area contributed by atoms with E-state index in [1.807, 2.05) is 6.92 Å². The maximum absolute atomic E-state index is 11.9. The van der Waals surface area contributed by atoms with Gasteiger partial charge >= 0.3 is 0 Å². The van der Waals surface area contributed by atoms with Crippen molar-refractivity contribution in [3.05, 3.63) is 29.6 Å². The largest absolute Gasteiger partial charge is 0.380 e. The van der Waals surface area contributed by atoms with Gasteiger partial charge < -0.3 is 15.8 Å². The number of pyridine rings is 1. The predicted octanol–water partition coefficient (Wildman–Crippen LogP) is 0.157. The number of nitrogens with one attached hydrogen (secondary N) is 1. The molecule has 0 aliphatic carbocycles. The van der Waals surface area contributed by atoms with Gasteiger partial charge in [-0.05, 0) is 19.1 Å². The summed E-state index contributed by atoms with van der Waals surface area (Å²) in [7, 11) is 1.59. The fourth-order valence-corrected chi connectivity index (χ4v) is 1.24. The van der Waals surface area contributed by atoms with Crippen LogP contribution in [0, 0.1) is 11.8 Å². The first-order valence-electron chi connectivity index (χ1n) is 5.64. The molecule has 1 aromatic rings. The zero-order valence-corrected chi connectivity index (χ0v) is 10.6. The van der Waals surface area contributed by atoms with Crippen molar-refractivity contribution in [2.24, 2.45) is 5.73 Å². The van der Waals surface area contributed by atoms with E-state index in [9.17, 15) is 4.79 Å². The average Bonchev–Trinajstić information content (AvgIpc) is 2.42. The molecule has 1 heterocycles. The second kappa shape index (κ2) is 7.43. The molecule has 0 aromatic carbocycles. The number of amides is 1. The normalized spacial score (nSPS) is 11.3. The van der Waals surface area contributed by atoms with E-state index < -0.39 is 0 Å². The first-order valence-corrected chi connectivity index (χ1v) is 5.64. The summed E-state index contributed by atoms with van der Waals surface area (Å²) in [5.74, 6) is 5.27. The SMILES string of the molecule is COC(C)CNC(=O)c1ncccc1C#CCN. The van der Waals surface area contributed by atoms with E-state index in [0.717, 1.165) is 0 Å². The number of carbonyl (C=O) groups is 1. The summed E-state index contributed by atoms with van der Waals surface area (Å²) in [6.07, 6.45) is 1.51. The third-order valence-corrected chi connectivity index (χ3v) is 2.30. The molecule has 0 bridgehead atoms. The summed E-state index contributed by atoms with van der Waals surface area (Å²) in [6, 6.07) is 3.47. The molecule has 0 aliphatic heterocycles. The molecule has 1 atom stereocenters. The molecule has 1 rings (SSSR count). The molecule has 1 unspecified atom stereocenters. The highest BCUT2D eigenvalue weighted by Gasteiger charge is 2.12. The van der Waals surface area contributed by atoms with Crippen molar-refractivity contribution in [2.45, 2.75) is 13.0 Å². The monoisotopic (exact) mass is 247 g/mol.